The van der Waals surface area contributed by atoms with Gasteiger partial charge in [0.1, 0.15) is 6.04 Å². The standard InChI is InChI=1S/C15H13Cl3N2O/c1-9(19-12-5-2-10(16)3-6-12)15(21)20-14-8-11(17)4-7-13(14)18/h2-9,19H,1H3,(H,20,21). The first kappa shape index (κ1) is 16.0. The number of carbonyl (C=O) groups excluding carboxylic acids is 1. The van der Waals surface area contributed by atoms with Gasteiger partial charge in [-0.25, -0.2) is 0 Å². The lowest BCUT2D eigenvalue weighted by Crippen LogP contribution is -2.31. The zero-order chi connectivity index (χ0) is 15.4. The Morgan fingerprint density at radius 3 is 2.29 bits per heavy atom. The summed E-state index contributed by atoms with van der Waals surface area (Å²) in [5, 5.41) is 7.40. The zero-order valence-electron chi connectivity index (χ0n) is 11.2. The predicted octanol–water partition coefficient (Wildman–Crippen LogP) is 5.09. The molecule has 1 atom stereocenters. The second-order valence-corrected chi connectivity index (χ2v) is 5.77. The summed E-state index contributed by atoms with van der Waals surface area (Å²) < 4.78 is 0. The lowest BCUT2D eigenvalue weighted by atomic mass is 10.2. The van der Waals surface area contributed by atoms with Crippen LogP contribution in [0.5, 0.6) is 0 Å². The molecule has 2 aromatic rings. The second-order valence-electron chi connectivity index (χ2n) is 4.49. The van der Waals surface area contributed by atoms with Gasteiger partial charge in [-0.1, -0.05) is 34.8 Å². The number of rotatable bonds is 4. The summed E-state index contributed by atoms with van der Waals surface area (Å²) in [4.78, 5) is 12.1. The third-order valence-electron chi connectivity index (χ3n) is 2.81. The van der Waals surface area contributed by atoms with Crippen molar-refractivity contribution in [3.8, 4) is 0 Å². The number of anilines is 2. The van der Waals surface area contributed by atoms with Gasteiger partial charge in [0.2, 0.25) is 5.91 Å². The van der Waals surface area contributed by atoms with Crippen LogP contribution in [0.1, 0.15) is 6.92 Å². The van der Waals surface area contributed by atoms with Crippen LogP contribution in [0.25, 0.3) is 0 Å². The molecule has 2 aromatic carbocycles. The van der Waals surface area contributed by atoms with Crippen LogP contribution in [-0.2, 0) is 4.79 Å². The van der Waals surface area contributed by atoms with Crippen molar-refractivity contribution in [2.24, 2.45) is 0 Å². The normalized spacial score (nSPS) is 11.8. The third kappa shape index (κ3) is 4.53. The van der Waals surface area contributed by atoms with Crippen molar-refractivity contribution in [2.45, 2.75) is 13.0 Å². The summed E-state index contributed by atoms with van der Waals surface area (Å²) in [7, 11) is 0. The molecule has 0 radical (unpaired) electrons. The smallest absolute Gasteiger partial charge is 0.246 e. The van der Waals surface area contributed by atoms with Gasteiger partial charge in [0, 0.05) is 15.7 Å². The molecule has 110 valence electrons. The summed E-state index contributed by atoms with van der Waals surface area (Å²) in [6, 6.07) is 11.6. The van der Waals surface area contributed by atoms with Crippen molar-refractivity contribution in [3.05, 3.63) is 57.5 Å². The average molecular weight is 344 g/mol. The van der Waals surface area contributed by atoms with Crippen molar-refractivity contribution in [1.29, 1.82) is 0 Å². The van der Waals surface area contributed by atoms with E-state index in [0.717, 1.165) is 5.69 Å². The van der Waals surface area contributed by atoms with Crippen molar-refractivity contribution in [3.63, 3.8) is 0 Å². The van der Waals surface area contributed by atoms with E-state index in [2.05, 4.69) is 10.6 Å². The number of halogens is 3. The van der Waals surface area contributed by atoms with Crippen LogP contribution in [0.4, 0.5) is 11.4 Å². The van der Waals surface area contributed by atoms with Gasteiger partial charge < -0.3 is 10.6 Å². The Kier molecular flexibility index (Phi) is 5.34. The van der Waals surface area contributed by atoms with Crippen LogP contribution >= 0.6 is 34.8 Å². The molecule has 0 bridgehead atoms. The quantitative estimate of drug-likeness (QED) is 0.812. The molecule has 1 unspecified atom stereocenters. The number of benzene rings is 2. The number of amides is 1. The highest BCUT2D eigenvalue weighted by Crippen LogP contribution is 2.25. The van der Waals surface area contributed by atoms with Crippen LogP contribution < -0.4 is 10.6 Å². The summed E-state index contributed by atoms with van der Waals surface area (Å²) in [6.45, 7) is 1.75. The molecule has 0 aliphatic heterocycles. The highest BCUT2D eigenvalue weighted by molar-refractivity contribution is 6.35. The number of hydrogen-bond donors (Lipinski definition) is 2. The van der Waals surface area contributed by atoms with Gasteiger partial charge >= 0.3 is 0 Å². The van der Waals surface area contributed by atoms with Crippen LogP contribution in [0.2, 0.25) is 15.1 Å². The molecule has 21 heavy (non-hydrogen) atoms. The van der Waals surface area contributed by atoms with E-state index in [4.69, 9.17) is 34.8 Å². The minimum absolute atomic E-state index is 0.214. The maximum atomic E-state index is 12.1. The molecule has 0 saturated heterocycles. The van der Waals surface area contributed by atoms with E-state index < -0.39 is 6.04 Å². The summed E-state index contributed by atoms with van der Waals surface area (Å²) in [5.74, 6) is -0.214. The fourth-order valence-corrected chi connectivity index (χ4v) is 2.16. The van der Waals surface area contributed by atoms with Gasteiger partial charge in [0.05, 0.1) is 10.7 Å². The predicted molar refractivity (Wildman–Crippen MR) is 89.6 cm³/mol. The molecule has 0 heterocycles. The average Bonchev–Trinajstić information content (AvgIpc) is 2.45. The van der Waals surface area contributed by atoms with Gasteiger partial charge in [-0.05, 0) is 49.4 Å². The molecule has 0 spiro atoms. The monoisotopic (exact) mass is 342 g/mol. The number of nitrogens with one attached hydrogen (secondary N) is 2. The molecule has 2 N–H and O–H groups in total. The minimum Gasteiger partial charge on any atom is -0.374 e. The fraction of sp³-hybridized carbons (Fsp3) is 0.133. The zero-order valence-corrected chi connectivity index (χ0v) is 13.4. The number of carbonyl (C=O) groups is 1. The van der Waals surface area contributed by atoms with E-state index in [0.29, 0.717) is 20.8 Å². The SMILES string of the molecule is CC(Nc1ccc(Cl)cc1)C(=O)Nc1cc(Cl)ccc1Cl. The fourth-order valence-electron chi connectivity index (χ4n) is 1.70. The molecule has 0 aliphatic rings. The molecule has 0 aromatic heterocycles. The maximum absolute atomic E-state index is 12.1. The maximum Gasteiger partial charge on any atom is 0.246 e. The molecular weight excluding hydrogens is 331 g/mol. The largest absolute Gasteiger partial charge is 0.374 e. The van der Waals surface area contributed by atoms with Crippen molar-refractivity contribution in [1.82, 2.24) is 0 Å². The Morgan fingerprint density at radius 2 is 1.62 bits per heavy atom. The van der Waals surface area contributed by atoms with Crippen molar-refractivity contribution < 1.29 is 4.79 Å². The lowest BCUT2D eigenvalue weighted by molar-refractivity contribution is -0.116. The van der Waals surface area contributed by atoms with Gasteiger partial charge in [0.15, 0.2) is 0 Å². The highest BCUT2D eigenvalue weighted by atomic mass is 35.5. The Labute approximate surface area is 138 Å². The van der Waals surface area contributed by atoms with Gasteiger partial charge in [0.25, 0.3) is 0 Å². The van der Waals surface area contributed by atoms with Crippen LogP contribution in [0, 0.1) is 0 Å². The topological polar surface area (TPSA) is 41.1 Å². The van der Waals surface area contributed by atoms with Gasteiger partial charge in [-0.3, -0.25) is 4.79 Å². The molecule has 2 rings (SSSR count). The summed E-state index contributed by atoms with van der Waals surface area (Å²) in [6.07, 6.45) is 0. The van der Waals surface area contributed by atoms with Gasteiger partial charge in [-0.2, -0.15) is 0 Å². The second kappa shape index (κ2) is 7.03. The van der Waals surface area contributed by atoms with E-state index in [1.807, 2.05) is 0 Å². The number of hydrogen-bond acceptors (Lipinski definition) is 2. The first-order chi connectivity index (χ1) is 9.95. The third-order valence-corrected chi connectivity index (χ3v) is 3.62. The molecule has 0 aliphatic carbocycles. The molecule has 0 fully saturated rings. The van der Waals surface area contributed by atoms with Crippen molar-refractivity contribution in [2.75, 3.05) is 10.6 Å². The molecule has 1 amide bonds. The Balaban J connectivity index is 2.02. The lowest BCUT2D eigenvalue weighted by Gasteiger charge is -2.16. The van der Waals surface area contributed by atoms with E-state index in [-0.39, 0.29) is 5.91 Å². The molecular formula is C15H13Cl3N2O. The summed E-state index contributed by atoms with van der Waals surface area (Å²) >= 11 is 17.7. The minimum atomic E-state index is -0.443. The van der Waals surface area contributed by atoms with E-state index >= 15 is 0 Å². The van der Waals surface area contributed by atoms with Crippen LogP contribution in [-0.4, -0.2) is 11.9 Å². The van der Waals surface area contributed by atoms with Gasteiger partial charge in [-0.15, -0.1) is 0 Å². The molecule has 0 saturated carbocycles. The van der Waals surface area contributed by atoms with E-state index in [1.165, 1.54) is 0 Å². The van der Waals surface area contributed by atoms with Crippen LogP contribution in [0.15, 0.2) is 42.5 Å². The van der Waals surface area contributed by atoms with E-state index in [1.54, 1.807) is 49.4 Å². The highest BCUT2D eigenvalue weighted by Gasteiger charge is 2.14. The van der Waals surface area contributed by atoms with E-state index in [9.17, 15) is 4.79 Å². The van der Waals surface area contributed by atoms with Crippen molar-refractivity contribution >= 4 is 52.1 Å². The summed E-state index contributed by atoms with van der Waals surface area (Å²) in [5.41, 5.74) is 1.29. The van der Waals surface area contributed by atoms with Crippen LogP contribution in [0.3, 0.4) is 0 Å². The molecule has 3 nitrogen and oxygen atoms in total. The molecule has 6 heteroatoms. The first-order valence-electron chi connectivity index (χ1n) is 6.24. The first-order valence-corrected chi connectivity index (χ1v) is 7.37. The Hall–Kier alpha value is -1.42. The Morgan fingerprint density at radius 1 is 1.00 bits per heavy atom. The Bertz CT molecular complexity index is 644.